The highest BCUT2D eigenvalue weighted by molar-refractivity contribution is 6.05. The summed E-state index contributed by atoms with van der Waals surface area (Å²) >= 11 is 0. The predicted molar refractivity (Wildman–Crippen MR) is 121 cm³/mol. The Bertz CT molecular complexity index is 1260. The average Bonchev–Trinajstić information content (AvgIpc) is 3.23. The maximum atomic E-state index is 13.4. The molecular formula is C25H19F4N3O3. The standard InChI is InChI=1S/C25H19F4N3O3/c26-20-9-5-16(6-10-20)22-18(13-15-1-3-17(4-2-15)23(33)34)14-32(31-22)24(35)30-21-11-7-19(8-12-21)25(27,28)29/h1-12,18H,13-14H2,(H,30,35)(H,33,34). The van der Waals surface area contributed by atoms with Gasteiger partial charge < -0.3 is 10.4 Å². The van der Waals surface area contributed by atoms with Crippen molar-refractivity contribution in [3.63, 3.8) is 0 Å². The molecule has 2 N–H and O–H groups in total. The fourth-order valence-corrected chi connectivity index (χ4v) is 3.75. The van der Waals surface area contributed by atoms with E-state index in [1.54, 1.807) is 24.3 Å². The molecule has 3 aromatic carbocycles. The van der Waals surface area contributed by atoms with Gasteiger partial charge in [-0.2, -0.15) is 18.3 Å². The van der Waals surface area contributed by atoms with Crippen LogP contribution in [0.1, 0.15) is 27.0 Å². The lowest BCUT2D eigenvalue weighted by Gasteiger charge is -2.16. The molecule has 1 unspecified atom stereocenters. The first kappa shape index (κ1) is 23.9. The third-order valence-electron chi connectivity index (χ3n) is 5.53. The van der Waals surface area contributed by atoms with Gasteiger partial charge in [0.05, 0.1) is 23.4 Å². The number of anilines is 1. The first-order valence-corrected chi connectivity index (χ1v) is 10.5. The molecule has 1 atom stereocenters. The predicted octanol–water partition coefficient (Wildman–Crippen LogP) is 5.65. The Kier molecular flexibility index (Phi) is 6.54. The summed E-state index contributed by atoms with van der Waals surface area (Å²) < 4.78 is 51.8. The number of nitrogens with zero attached hydrogens (tertiary/aromatic N) is 2. The van der Waals surface area contributed by atoms with Gasteiger partial charge in [-0.05, 0) is 66.1 Å². The van der Waals surface area contributed by atoms with Gasteiger partial charge in [0.15, 0.2) is 0 Å². The number of nitrogens with one attached hydrogen (secondary N) is 1. The maximum absolute atomic E-state index is 13.4. The third kappa shape index (κ3) is 5.65. The van der Waals surface area contributed by atoms with Crippen molar-refractivity contribution in [2.75, 3.05) is 11.9 Å². The zero-order chi connectivity index (χ0) is 25.2. The van der Waals surface area contributed by atoms with Crippen LogP contribution in [0.15, 0.2) is 77.9 Å². The average molecular weight is 485 g/mol. The van der Waals surface area contributed by atoms with Gasteiger partial charge in [0.1, 0.15) is 5.82 Å². The fourth-order valence-electron chi connectivity index (χ4n) is 3.75. The van der Waals surface area contributed by atoms with Crippen molar-refractivity contribution in [3.05, 3.63) is 101 Å². The molecule has 1 aliphatic rings. The minimum atomic E-state index is -4.48. The lowest BCUT2D eigenvalue weighted by atomic mass is 9.91. The number of carboxylic acids is 1. The Hall–Kier alpha value is -4.21. The highest BCUT2D eigenvalue weighted by Crippen LogP contribution is 2.30. The maximum Gasteiger partial charge on any atom is 0.416 e. The molecule has 3 aromatic rings. The van der Waals surface area contributed by atoms with E-state index in [-0.39, 0.29) is 23.7 Å². The van der Waals surface area contributed by atoms with Crippen molar-refractivity contribution < 1.29 is 32.3 Å². The number of carboxylic acid groups (broad SMARTS) is 1. The van der Waals surface area contributed by atoms with Crippen molar-refractivity contribution in [1.29, 1.82) is 0 Å². The third-order valence-corrected chi connectivity index (χ3v) is 5.53. The number of amides is 2. The van der Waals surface area contributed by atoms with Crippen molar-refractivity contribution in [1.82, 2.24) is 5.01 Å². The van der Waals surface area contributed by atoms with Gasteiger partial charge in [-0.1, -0.05) is 24.3 Å². The van der Waals surface area contributed by atoms with Crippen LogP contribution in [0.4, 0.5) is 28.0 Å². The summed E-state index contributed by atoms with van der Waals surface area (Å²) in [5.74, 6) is -1.75. The van der Waals surface area contributed by atoms with Crippen LogP contribution in [-0.4, -0.2) is 34.4 Å². The van der Waals surface area contributed by atoms with E-state index >= 15 is 0 Å². The van der Waals surface area contributed by atoms with Gasteiger partial charge in [0.25, 0.3) is 0 Å². The summed E-state index contributed by atoms with van der Waals surface area (Å²) in [6.45, 7) is 0.167. The summed E-state index contributed by atoms with van der Waals surface area (Å²) in [7, 11) is 0. The number of rotatable bonds is 5. The second-order valence-corrected chi connectivity index (χ2v) is 7.98. The van der Waals surface area contributed by atoms with Crippen molar-refractivity contribution in [2.24, 2.45) is 11.0 Å². The Balaban J connectivity index is 1.54. The molecule has 0 aliphatic carbocycles. The second-order valence-electron chi connectivity index (χ2n) is 7.98. The zero-order valence-electron chi connectivity index (χ0n) is 18.1. The molecule has 0 fully saturated rings. The molecule has 180 valence electrons. The topological polar surface area (TPSA) is 82.0 Å². The number of carbonyl (C=O) groups is 2. The quantitative estimate of drug-likeness (QED) is 0.458. The van der Waals surface area contributed by atoms with Gasteiger partial charge >= 0.3 is 18.2 Å². The molecule has 0 aromatic heterocycles. The van der Waals surface area contributed by atoms with Crippen molar-refractivity contribution in [3.8, 4) is 0 Å². The molecule has 0 saturated carbocycles. The lowest BCUT2D eigenvalue weighted by molar-refractivity contribution is -0.137. The highest BCUT2D eigenvalue weighted by Gasteiger charge is 2.32. The molecule has 10 heteroatoms. The number of carbonyl (C=O) groups excluding carboxylic acids is 1. The molecule has 6 nitrogen and oxygen atoms in total. The van der Waals surface area contributed by atoms with E-state index < -0.39 is 29.6 Å². The number of urea groups is 1. The molecule has 0 saturated heterocycles. The molecule has 4 rings (SSSR count). The summed E-state index contributed by atoms with van der Waals surface area (Å²) in [6.07, 6.45) is -4.05. The fraction of sp³-hybridized carbons (Fsp3) is 0.160. The van der Waals surface area contributed by atoms with Crippen LogP contribution in [0.25, 0.3) is 0 Å². The number of hydrogen-bond donors (Lipinski definition) is 2. The second kappa shape index (κ2) is 9.57. The molecule has 2 amide bonds. The van der Waals surface area contributed by atoms with Crippen LogP contribution < -0.4 is 5.32 Å². The van der Waals surface area contributed by atoms with Crippen LogP contribution in [0.2, 0.25) is 0 Å². The Morgan fingerprint density at radius 2 is 1.60 bits per heavy atom. The molecule has 0 radical (unpaired) electrons. The van der Waals surface area contributed by atoms with Gasteiger partial charge in [0, 0.05) is 11.6 Å². The van der Waals surface area contributed by atoms with E-state index in [9.17, 15) is 27.2 Å². The number of halogens is 4. The van der Waals surface area contributed by atoms with E-state index in [0.717, 1.165) is 29.8 Å². The van der Waals surface area contributed by atoms with E-state index in [1.165, 1.54) is 29.3 Å². The van der Waals surface area contributed by atoms with E-state index in [2.05, 4.69) is 10.4 Å². The van der Waals surface area contributed by atoms with E-state index in [0.29, 0.717) is 17.7 Å². The molecule has 0 bridgehead atoms. The van der Waals surface area contributed by atoms with Crippen LogP contribution in [0.5, 0.6) is 0 Å². The van der Waals surface area contributed by atoms with Crippen LogP contribution in [0.3, 0.4) is 0 Å². The van der Waals surface area contributed by atoms with Gasteiger partial charge in [-0.15, -0.1) is 0 Å². The minimum absolute atomic E-state index is 0.144. The van der Waals surface area contributed by atoms with Crippen LogP contribution in [0, 0.1) is 11.7 Å². The molecule has 0 spiro atoms. The highest BCUT2D eigenvalue weighted by atomic mass is 19.4. The number of hydrazone groups is 1. The Labute approximate surface area is 197 Å². The minimum Gasteiger partial charge on any atom is -0.478 e. The van der Waals surface area contributed by atoms with E-state index in [4.69, 9.17) is 5.11 Å². The number of alkyl halides is 3. The molecule has 35 heavy (non-hydrogen) atoms. The Morgan fingerprint density at radius 1 is 0.971 bits per heavy atom. The number of benzene rings is 3. The SMILES string of the molecule is O=C(O)c1ccc(CC2CN(C(=O)Nc3ccc(C(F)(F)F)cc3)N=C2c2ccc(F)cc2)cc1. The molecular weight excluding hydrogens is 466 g/mol. The zero-order valence-corrected chi connectivity index (χ0v) is 18.1. The van der Waals surface area contributed by atoms with Gasteiger partial charge in [-0.3, -0.25) is 0 Å². The largest absolute Gasteiger partial charge is 0.478 e. The van der Waals surface area contributed by atoms with Crippen molar-refractivity contribution in [2.45, 2.75) is 12.6 Å². The number of aromatic carboxylic acids is 1. The summed E-state index contributed by atoms with van der Waals surface area (Å²) in [5, 5.41) is 17.2. The lowest BCUT2D eigenvalue weighted by Crippen LogP contribution is -2.31. The summed E-state index contributed by atoms with van der Waals surface area (Å²) in [5.41, 5.74) is 1.46. The van der Waals surface area contributed by atoms with Crippen molar-refractivity contribution >= 4 is 23.4 Å². The smallest absolute Gasteiger partial charge is 0.416 e. The Morgan fingerprint density at radius 3 is 2.17 bits per heavy atom. The summed E-state index contributed by atoms with van der Waals surface area (Å²) in [4.78, 5) is 23.9. The van der Waals surface area contributed by atoms with Gasteiger partial charge in [-0.25, -0.2) is 19.0 Å². The normalized spacial score (nSPS) is 15.6. The number of hydrogen-bond acceptors (Lipinski definition) is 3. The molecule has 1 heterocycles. The molecule has 1 aliphatic heterocycles. The van der Waals surface area contributed by atoms with E-state index in [1.807, 2.05) is 0 Å². The monoisotopic (exact) mass is 485 g/mol. The first-order valence-electron chi connectivity index (χ1n) is 10.5. The van der Waals surface area contributed by atoms with Crippen LogP contribution >= 0.6 is 0 Å². The summed E-state index contributed by atoms with van der Waals surface area (Å²) in [6, 6.07) is 15.4. The van der Waals surface area contributed by atoms with Gasteiger partial charge in [0.2, 0.25) is 0 Å². The first-order chi connectivity index (χ1) is 16.6. The van der Waals surface area contributed by atoms with Crippen LogP contribution in [-0.2, 0) is 12.6 Å².